The standard InChI is InChI=1S/C20H21N5OS/c26-20(15-5-2-1-3-6-15)23-10-11-25-19(18-7-4-12-27-18)16(13-24-25)17-14-21-8-9-22-17/h1-2,4,7-9,12-15H,3,5-6,10-11H2,(H,23,26). The normalized spacial score (nSPS) is 16.4. The van der Waals surface area contributed by atoms with Gasteiger partial charge in [0.25, 0.3) is 0 Å². The highest BCUT2D eigenvalue weighted by Crippen LogP contribution is 2.33. The topological polar surface area (TPSA) is 72.7 Å². The highest BCUT2D eigenvalue weighted by molar-refractivity contribution is 7.13. The lowest BCUT2D eigenvalue weighted by atomic mass is 9.94. The minimum absolute atomic E-state index is 0.0968. The number of carbonyl (C=O) groups excluding carboxylic acids is 1. The molecule has 0 aromatic carbocycles. The van der Waals surface area contributed by atoms with Crippen LogP contribution in [-0.4, -0.2) is 32.2 Å². The van der Waals surface area contributed by atoms with E-state index in [0.29, 0.717) is 13.1 Å². The molecule has 1 amide bonds. The third-order valence-corrected chi connectivity index (χ3v) is 5.57. The van der Waals surface area contributed by atoms with E-state index in [-0.39, 0.29) is 11.8 Å². The van der Waals surface area contributed by atoms with Crippen molar-refractivity contribution in [2.24, 2.45) is 5.92 Å². The Morgan fingerprint density at radius 2 is 2.26 bits per heavy atom. The van der Waals surface area contributed by atoms with Crippen LogP contribution in [0.1, 0.15) is 19.3 Å². The van der Waals surface area contributed by atoms with E-state index in [0.717, 1.165) is 41.1 Å². The van der Waals surface area contributed by atoms with Crippen molar-refractivity contribution in [1.29, 1.82) is 0 Å². The Bertz CT molecular complexity index is 917. The summed E-state index contributed by atoms with van der Waals surface area (Å²) < 4.78 is 1.94. The predicted molar refractivity (Wildman–Crippen MR) is 106 cm³/mol. The molecule has 1 aliphatic carbocycles. The lowest BCUT2D eigenvalue weighted by Crippen LogP contribution is -2.33. The van der Waals surface area contributed by atoms with Crippen molar-refractivity contribution in [3.05, 3.63) is 54.5 Å². The Morgan fingerprint density at radius 3 is 3.00 bits per heavy atom. The van der Waals surface area contributed by atoms with Crippen LogP contribution >= 0.6 is 11.3 Å². The zero-order valence-corrected chi connectivity index (χ0v) is 15.7. The van der Waals surface area contributed by atoms with Gasteiger partial charge in [-0.1, -0.05) is 18.2 Å². The molecule has 138 valence electrons. The lowest BCUT2D eigenvalue weighted by Gasteiger charge is -2.17. The van der Waals surface area contributed by atoms with Gasteiger partial charge in [-0.2, -0.15) is 5.10 Å². The number of allylic oxidation sites excluding steroid dienone is 2. The monoisotopic (exact) mass is 379 g/mol. The van der Waals surface area contributed by atoms with Crippen LogP contribution < -0.4 is 5.32 Å². The van der Waals surface area contributed by atoms with Crippen molar-refractivity contribution in [3.63, 3.8) is 0 Å². The first-order valence-corrected chi connectivity index (χ1v) is 9.99. The number of thiophene rings is 1. The van der Waals surface area contributed by atoms with Crippen molar-refractivity contribution in [2.45, 2.75) is 25.8 Å². The summed E-state index contributed by atoms with van der Waals surface area (Å²) in [5.74, 6) is 0.234. The average Bonchev–Trinajstić information content (AvgIpc) is 3.39. The van der Waals surface area contributed by atoms with Gasteiger partial charge in [0.05, 0.1) is 35.2 Å². The van der Waals surface area contributed by atoms with E-state index in [2.05, 4.69) is 38.6 Å². The fourth-order valence-electron chi connectivity index (χ4n) is 3.31. The summed E-state index contributed by atoms with van der Waals surface area (Å²) in [6, 6.07) is 4.10. The van der Waals surface area contributed by atoms with E-state index in [1.807, 2.05) is 22.3 Å². The van der Waals surface area contributed by atoms with Crippen LogP contribution in [0.4, 0.5) is 0 Å². The van der Waals surface area contributed by atoms with Crippen LogP contribution in [0.15, 0.2) is 54.5 Å². The maximum atomic E-state index is 12.3. The number of nitrogens with one attached hydrogen (secondary N) is 1. The van der Waals surface area contributed by atoms with Crippen LogP contribution in [0.25, 0.3) is 21.8 Å². The SMILES string of the molecule is O=C(NCCn1ncc(-c2cnccn2)c1-c1cccs1)C1CC=CCC1. The molecule has 6 nitrogen and oxygen atoms in total. The van der Waals surface area contributed by atoms with Gasteiger partial charge >= 0.3 is 0 Å². The number of hydrogen-bond donors (Lipinski definition) is 1. The van der Waals surface area contributed by atoms with Crippen molar-refractivity contribution in [3.8, 4) is 21.8 Å². The number of hydrogen-bond acceptors (Lipinski definition) is 5. The number of aromatic nitrogens is 4. The van der Waals surface area contributed by atoms with Crippen LogP contribution in [0.3, 0.4) is 0 Å². The summed E-state index contributed by atoms with van der Waals surface area (Å²) >= 11 is 1.66. The van der Waals surface area contributed by atoms with Gasteiger partial charge in [-0.15, -0.1) is 11.3 Å². The van der Waals surface area contributed by atoms with Gasteiger partial charge in [0.1, 0.15) is 0 Å². The summed E-state index contributed by atoms with van der Waals surface area (Å²) in [7, 11) is 0. The predicted octanol–water partition coefficient (Wildman–Crippen LogP) is 3.54. The highest BCUT2D eigenvalue weighted by Gasteiger charge is 2.19. The van der Waals surface area contributed by atoms with E-state index in [1.54, 1.807) is 29.9 Å². The molecule has 3 heterocycles. The molecule has 1 aliphatic rings. The maximum absolute atomic E-state index is 12.3. The third kappa shape index (κ3) is 3.98. The fourth-order valence-corrected chi connectivity index (χ4v) is 4.10. The average molecular weight is 379 g/mol. The second-order valence-electron chi connectivity index (χ2n) is 6.47. The molecule has 3 aromatic rings. The van der Waals surface area contributed by atoms with E-state index in [9.17, 15) is 4.79 Å². The molecule has 0 saturated carbocycles. The molecular weight excluding hydrogens is 358 g/mol. The molecule has 1 N–H and O–H groups in total. The van der Waals surface area contributed by atoms with Gasteiger partial charge < -0.3 is 5.32 Å². The van der Waals surface area contributed by atoms with Gasteiger partial charge in [0.15, 0.2) is 0 Å². The van der Waals surface area contributed by atoms with Crippen LogP contribution in [-0.2, 0) is 11.3 Å². The maximum Gasteiger partial charge on any atom is 0.223 e. The molecule has 1 atom stereocenters. The van der Waals surface area contributed by atoms with E-state index in [1.165, 1.54) is 0 Å². The molecular formula is C20H21N5OS. The second-order valence-corrected chi connectivity index (χ2v) is 7.42. The van der Waals surface area contributed by atoms with Crippen molar-refractivity contribution in [2.75, 3.05) is 6.54 Å². The molecule has 0 fully saturated rings. The summed E-state index contributed by atoms with van der Waals surface area (Å²) in [5.41, 5.74) is 2.76. The van der Waals surface area contributed by atoms with Crippen molar-refractivity contribution < 1.29 is 4.79 Å². The second kappa shape index (κ2) is 8.26. The van der Waals surface area contributed by atoms with Crippen LogP contribution in [0.2, 0.25) is 0 Å². The molecule has 0 aliphatic heterocycles. The quantitative estimate of drug-likeness (QED) is 0.665. The summed E-state index contributed by atoms with van der Waals surface area (Å²) in [6.45, 7) is 1.17. The Hall–Kier alpha value is -2.80. The Labute approximate surface area is 162 Å². The van der Waals surface area contributed by atoms with E-state index in [4.69, 9.17) is 0 Å². The zero-order valence-electron chi connectivity index (χ0n) is 14.9. The first kappa shape index (κ1) is 17.6. The number of nitrogens with zero attached hydrogens (tertiary/aromatic N) is 4. The molecule has 0 spiro atoms. The third-order valence-electron chi connectivity index (χ3n) is 4.70. The van der Waals surface area contributed by atoms with Crippen molar-refractivity contribution >= 4 is 17.2 Å². The molecule has 0 saturated heterocycles. The number of amides is 1. The molecule has 4 rings (SSSR count). The summed E-state index contributed by atoms with van der Waals surface area (Å²) in [5, 5.41) is 9.66. The van der Waals surface area contributed by atoms with Gasteiger partial charge in [0.2, 0.25) is 5.91 Å². The Kier molecular flexibility index (Phi) is 5.39. The van der Waals surface area contributed by atoms with Gasteiger partial charge in [0, 0.05) is 30.4 Å². The fraction of sp³-hybridized carbons (Fsp3) is 0.300. The Balaban J connectivity index is 1.50. The van der Waals surface area contributed by atoms with Crippen molar-refractivity contribution in [1.82, 2.24) is 25.1 Å². The largest absolute Gasteiger partial charge is 0.354 e. The first-order chi connectivity index (χ1) is 13.3. The molecule has 1 unspecified atom stereocenters. The number of carbonyl (C=O) groups is 1. The lowest BCUT2D eigenvalue weighted by molar-refractivity contribution is -0.125. The smallest absolute Gasteiger partial charge is 0.223 e. The first-order valence-electron chi connectivity index (χ1n) is 9.11. The molecule has 0 bridgehead atoms. The van der Waals surface area contributed by atoms with Gasteiger partial charge in [-0.25, -0.2) is 0 Å². The minimum atomic E-state index is 0.0968. The van der Waals surface area contributed by atoms with E-state index < -0.39 is 0 Å². The summed E-state index contributed by atoms with van der Waals surface area (Å²) in [6.07, 6.45) is 13.9. The zero-order chi connectivity index (χ0) is 18.5. The molecule has 7 heteroatoms. The van der Waals surface area contributed by atoms with Crippen LogP contribution in [0, 0.1) is 5.92 Å². The molecule has 0 radical (unpaired) electrons. The molecule has 27 heavy (non-hydrogen) atoms. The summed E-state index contributed by atoms with van der Waals surface area (Å²) in [4.78, 5) is 22.0. The van der Waals surface area contributed by atoms with Gasteiger partial charge in [-0.05, 0) is 30.7 Å². The molecule has 3 aromatic heterocycles. The highest BCUT2D eigenvalue weighted by atomic mass is 32.1. The van der Waals surface area contributed by atoms with E-state index >= 15 is 0 Å². The Morgan fingerprint density at radius 1 is 1.30 bits per heavy atom. The number of rotatable bonds is 6. The van der Waals surface area contributed by atoms with Gasteiger partial charge in [-0.3, -0.25) is 19.4 Å². The van der Waals surface area contributed by atoms with Crippen LogP contribution in [0.5, 0.6) is 0 Å². The minimum Gasteiger partial charge on any atom is -0.354 e.